The lowest BCUT2D eigenvalue weighted by atomic mass is 10.0. The maximum atomic E-state index is 12.5. The van der Waals surface area contributed by atoms with Gasteiger partial charge in [-0.1, -0.05) is 12.1 Å². The zero-order valence-corrected chi connectivity index (χ0v) is 16.1. The first-order valence-electron chi connectivity index (χ1n) is 9.78. The Morgan fingerprint density at radius 1 is 1.08 bits per heavy atom. The van der Waals surface area contributed by atoms with Crippen molar-refractivity contribution >= 4 is 17.4 Å². The molecule has 0 atom stereocenters. The second kappa shape index (κ2) is 8.73. The minimum Gasteiger partial charge on any atom is -0.379 e. The molecule has 0 bridgehead atoms. The van der Waals surface area contributed by atoms with Gasteiger partial charge in [0.2, 0.25) is 0 Å². The van der Waals surface area contributed by atoms with Crippen LogP contribution in [0.15, 0.2) is 24.3 Å². The largest absolute Gasteiger partial charge is 0.379 e. The minimum atomic E-state index is -0.143. The van der Waals surface area contributed by atoms with Crippen LogP contribution in [0.5, 0.6) is 0 Å². The van der Waals surface area contributed by atoms with E-state index in [1.807, 2.05) is 18.2 Å². The highest BCUT2D eigenvalue weighted by Gasteiger charge is 2.28. The molecule has 3 rings (SSSR count). The normalized spacial score (nSPS) is 19.2. The summed E-state index contributed by atoms with van der Waals surface area (Å²) < 4.78 is 5.42. The van der Waals surface area contributed by atoms with Gasteiger partial charge in [0.1, 0.15) is 0 Å². The summed E-state index contributed by atoms with van der Waals surface area (Å²) in [5, 5.41) is 6.10. The highest BCUT2D eigenvalue weighted by Crippen LogP contribution is 2.28. The van der Waals surface area contributed by atoms with E-state index < -0.39 is 0 Å². The summed E-state index contributed by atoms with van der Waals surface area (Å²) in [6, 6.07) is 7.95. The molecule has 2 aliphatic heterocycles. The van der Waals surface area contributed by atoms with Crippen LogP contribution < -0.4 is 15.5 Å². The number of ether oxygens (including phenoxy) is 1. The number of benzene rings is 1. The molecular formula is C20H32N4O2. The first-order valence-corrected chi connectivity index (χ1v) is 9.78. The monoisotopic (exact) mass is 360 g/mol. The van der Waals surface area contributed by atoms with Crippen molar-refractivity contribution in [1.29, 1.82) is 0 Å². The van der Waals surface area contributed by atoms with Gasteiger partial charge in [0.05, 0.1) is 24.6 Å². The van der Waals surface area contributed by atoms with Crippen molar-refractivity contribution in [3.05, 3.63) is 24.3 Å². The van der Waals surface area contributed by atoms with Crippen molar-refractivity contribution in [3.63, 3.8) is 0 Å². The third kappa shape index (κ3) is 4.89. The van der Waals surface area contributed by atoms with Crippen LogP contribution in [0.25, 0.3) is 0 Å². The fourth-order valence-electron chi connectivity index (χ4n) is 3.73. The number of para-hydroxylation sites is 2. The number of carbonyl (C=O) groups excluding carboxylic acids is 1. The van der Waals surface area contributed by atoms with Crippen LogP contribution in [0, 0.1) is 0 Å². The molecule has 0 unspecified atom stereocenters. The van der Waals surface area contributed by atoms with E-state index in [1.54, 1.807) is 0 Å². The highest BCUT2D eigenvalue weighted by molar-refractivity contribution is 5.93. The van der Waals surface area contributed by atoms with E-state index in [9.17, 15) is 4.79 Å². The summed E-state index contributed by atoms with van der Waals surface area (Å²) in [5.41, 5.74) is 1.92. The second-order valence-electron chi connectivity index (χ2n) is 7.78. The van der Waals surface area contributed by atoms with Gasteiger partial charge < -0.3 is 20.3 Å². The standard InChI is InChI=1S/C20H32N4O2/c1-20(2,24-12-14-26-15-13-24)16-21-19(25)22-17-8-4-5-9-18(17)23-10-6-3-7-11-23/h4-5,8-9H,3,6-7,10-16H2,1-2H3,(H2,21,22,25). The average Bonchev–Trinajstić information content (AvgIpc) is 2.68. The molecule has 2 heterocycles. The number of amides is 2. The Hall–Kier alpha value is -1.79. The number of hydrogen-bond donors (Lipinski definition) is 2. The van der Waals surface area contributed by atoms with Crippen molar-refractivity contribution in [3.8, 4) is 0 Å². The van der Waals surface area contributed by atoms with Crippen LogP contribution in [0.2, 0.25) is 0 Å². The van der Waals surface area contributed by atoms with Gasteiger partial charge in [-0.2, -0.15) is 0 Å². The Labute approximate surface area is 156 Å². The lowest BCUT2D eigenvalue weighted by Crippen LogP contribution is -2.55. The molecule has 0 aromatic heterocycles. The van der Waals surface area contributed by atoms with Gasteiger partial charge in [0.15, 0.2) is 0 Å². The van der Waals surface area contributed by atoms with E-state index in [0.29, 0.717) is 6.54 Å². The van der Waals surface area contributed by atoms with Crippen LogP contribution in [0.1, 0.15) is 33.1 Å². The molecule has 2 N–H and O–H groups in total. The molecule has 1 aromatic rings. The fourth-order valence-corrected chi connectivity index (χ4v) is 3.73. The van der Waals surface area contributed by atoms with Gasteiger partial charge in [0, 0.05) is 38.3 Å². The van der Waals surface area contributed by atoms with Crippen molar-refractivity contribution in [2.45, 2.75) is 38.6 Å². The van der Waals surface area contributed by atoms with Gasteiger partial charge in [0.25, 0.3) is 0 Å². The molecule has 0 spiro atoms. The Morgan fingerprint density at radius 2 is 1.77 bits per heavy atom. The quantitative estimate of drug-likeness (QED) is 0.848. The molecule has 144 valence electrons. The van der Waals surface area contributed by atoms with E-state index in [2.05, 4.69) is 40.3 Å². The van der Waals surface area contributed by atoms with E-state index in [1.165, 1.54) is 19.3 Å². The smallest absolute Gasteiger partial charge is 0.319 e. The molecule has 2 amide bonds. The Balaban J connectivity index is 1.56. The molecule has 0 aliphatic carbocycles. The number of hydrogen-bond acceptors (Lipinski definition) is 4. The summed E-state index contributed by atoms with van der Waals surface area (Å²) >= 11 is 0. The van der Waals surface area contributed by atoms with Gasteiger partial charge in [-0.05, 0) is 45.2 Å². The molecule has 2 fully saturated rings. The van der Waals surface area contributed by atoms with Crippen LogP contribution >= 0.6 is 0 Å². The number of piperidine rings is 1. The van der Waals surface area contributed by atoms with Gasteiger partial charge in [-0.15, -0.1) is 0 Å². The summed E-state index contributed by atoms with van der Waals surface area (Å²) in [4.78, 5) is 17.2. The maximum Gasteiger partial charge on any atom is 0.319 e. The van der Waals surface area contributed by atoms with Crippen molar-refractivity contribution in [2.24, 2.45) is 0 Å². The van der Waals surface area contributed by atoms with Crippen LogP contribution in [0.3, 0.4) is 0 Å². The molecule has 6 nitrogen and oxygen atoms in total. The molecule has 0 radical (unpaired) electrons. The SMILES string of the molecule is CC(C)(CNC(=O)Nc1ccccc1N1CCCCC1)N1CCOCC1. The molecule has 2 aliphatic rings. The third-order valence-corrected chi connectivity index (χ3v) is 5.40. The fraction of sp³-hybridized carbons (Fsp3) is 0.650. The topological polar surface area (TPSA) is 56.8 Å². The second-order valence-corrected chi connectivity index (χ2v) is 7.78. The van der Waals surface area contributed by atoms with E-state index in [4.69, 9.17) is 4.74 Å². The van der Waals surface area contributed by atoms with Crippen LogP contribution in [-0.4, -0.2) is 62.4 Å². The molecule has 1 aromatic carbocycles. The van der Waals surface area contributed by atoms with Crippen molar-refractivity contribution < 1.29 is 9.53 Å². The first-order chi connectivity index (χ1) is 12.6. The first kappa shape index (κ1) is 19.0. The molecule has 26 heavy (non-hydrogen) atoms. The predicted octanol–water partition coefficient (Wildman–Crippen LogP) is 2.91. The Bertz CT molecular complexity index is 593. The number of urea groups is 1. The number of nitrogens with zero attached hydrogens (tertiary/aromatic N) is 2. The molecule has 0 saturated carbocycles. The Morgan fingerprint density at radius 3 is 2.50 bits per heavy atom. The predicted molar refractivity (Wildman–Crippen MR) is 106 cm³/mol. The number of morpholine rings is 1. The van der Waals surface area contributed by atoms with Crippen LogP contribution in [-0.2, 0) is 4.74 Å². The highest BCUT2D eigenvalue weighted by atomic mass is 16.5. The Kier molecular flexibility index (Phi) is 6.38. The van der Waals surface area contributed by atoms with Gasteiger partial charge in [-0.25, -0.2) is 4.79 Å². The minimum absolute atomic E-state index is 0.0898. The molecule has 2 saturated heterocycles. The zero-order valence-electron chi connectivity index (χ0n) is 16.1. The summed E-state index contributed by atoms with van der Waals surface area (Å²) in [7, 11) is 0. The van der Waals surface area contributed by atoms with E-state index >= 15 is 0 Å². The van der Waals surface area contributed by atoms with Crippen molar-refractivity contribution in [2.75, 3.05) is 56.2 Å². The maximum absolute atomic E-state index is 12.5. The summed E-state index contributed by atoms with van der Waals surface area (Å²) in [5.74, 6) is 0. The number of rotatable bonds is 5. The van der Waals surface area contributed by atoms with Gasteiger partial charge >= 0.3 is 6.03 Å². The lowest BCUT2D eigenvalue weighted by Gasteiger charge is -2.40. The average molecular weight is 361 g/mol. The summed E-state index contributed by atoms with van der Waals surface area (Å²) in [6.45, 7) is 10.4. The van der Waals surface area contributed by atoms with E-state index in [-0.39, 0.29) is 11.6 Å². The zero-order chi connectivity index (χ0) is 18.4. The van der Waals surface area contributed by atoms with Gasteiger partial charge in [-0.3, -0.25) is 4.90 Å². The number of anilines is 2. The van der Waals surface area contributed by atoms with Crippen molar-refractivity contribution in [1.82, 2.24) is 10.2 Å². The summed E-state index contributed by atoms with van der Waals surface area (Å²) in [6.07, 6.45) is 3.73. The van der Waals surface area contributed by atoms with Crippen LogP contribution in [0.4, 0.5) is 16.2 Å². The number of nitrogens with one attached hydrogen (secondary N) is 2. The molecule has 6 heteroatoms. The molecular weight excluding hydrogens is 328 g/mol. The number of carbonyl (C=O) groups is 1. The lowest BCUT2D eigenvalue weighted by molar-refractivity contribution is -0.00863. The van der Waals surface area contributed by atoms with E-state index in [0.717, 1.165) is 50.8 Å². The third-order valence-electron chi connectivity index (χ3n) is 5.40.